The number of aromatic nitrogens is 2. The second-order valence-electron chi connectivity index (χ2n) is 5.87. The van der Waals surface area contributed by atoms with Gasteiger partial charge < -0.3 is 15.0 Å². The van der Waals surface area contributed by atoms with Gasteiger partial charge in [0, 0.05) is 45.0 Å². The van der Waals surface area contributed by atoms with Crippen molar-refractivity contribution in [3.63, 3.8) is 0 Å². The summed E-state index contributed by atoms with van der Waals surface area (Å²) in [6.45, 7) is 4.12. The van der Waals surface area contributed by atoms with Crippen molar-refractivity contribution >= 4 is 17.7 Å². The monoisotopic (exact) mass is 307 g/mol. The van der Waals surface area contributed by atoms with Crippen LogP contribution in [0.5, 0.6) is 0 Å². The van der Waals surface area contributed by atoms with Crippen molar-refractivity contribution in [1.29, 1.82) is 0 Å². The number of carbonyl (C=O) groups is 1. The van der Waals surface area contributed by atoms with Crippen LogP contribution in [-0.4, -0.2) is 67.7 Å². The Morgan fingerprint density at radius 1 is 1.45 bits per heavy atom. The number of methoxy groups -OCH3 is 1. The Morgan fingerprint density at radius 3 is 2.73 bits per heavy atom. The first-order valence-electron chi connectivity index (χ1n) is 7.56. The highest BCUT2D eigenvalue weighted by Crippen LogP contribution is 2.18. The van der Waals surface area contributed by atoms with Crippen LogP contribution < -0.4 is 10.2 Å². The van der Waals surface area contributed by atoms with Crippen molar-refractivity contribution in [2.24, 2.45) is 0 Å². The van der Waals surface area contributed by atoms with Crippen molar-refractivity contribution in [2.45, 2.75) is 25.8 Å². The molecule has 1 fully saturated rings. The number of hydrogen-bond acceptors (Lipinski definition) is 7. The Bertz CT molecular complexity index is 513. The van der Waals surface area contributed by atoms with Crippen molar-refractivity contribution in [3.8, 4) is 0 Å². The quantitative estimate of drug-likeness (QED) is 0.810. The number of hydrogen-bond donors (Lipinski definition) is 1. The Kier molecular flexibility index (Phi) is 5.54. The summed E-state index contributed by atoms with van der Waals surface area (Å²) in [5.74, 6) is 1.42. The van der Waals surface area contributed by atoms with Gasteiger partial charge in [0.2, 0.25) is 5.95 Å². The average Bonchev–Trinajstić information content (AvgIpc) is 2.50. The van der Waals surface area contributed by atoms with E-state index in [1.807, 2.05) is 32.1 Å². The van der Waals surface area contributed by atoms with Gasteiger partial charge in [0.05, 0.1) is 13.7 Å². The van der Waals surface area contributed by atoms with Gasteiger partial charge in [-0.3, -0.25) is 9.69 Å². The van der Waals surface area contributed by atoms with Gasteiger partial charge in [-0.2, -0.15) is 4.98 Å². The molecule has 0 saturated carbocycles. The van der Waals surface area contributed by atoms with Crippen LogP contribution in [0, 0.1) is 6.92 Å². The molecule has 0 aromatic carbocycles. The molecule has 1 N–H and O–H groups in total. The molecule has 0 bridgehead atoms. The third kappa shape index (κ3) is 4.30. The molecule has 0 amide bonds. The van der Waals surface area contributed by atoms with E-state index in [0.29, 0.717) is 18.5 Å². The van der Waals surface area contributed by atoms with E-state index >= 15 is 0 Å². The van der Waals surface area contributed by atoms with Gasteiger partial charge >= 0.3 is 5.97 Å². The highest BCUT2D eigenvalue weighted by molar-refractivity contribution is 5.71. The van der Waals surface area contributed by atoms with Crippen LogP contribution in [-0.2, 0) is 9.53 Å². The first kappa shape index (κ1) is 16.5. The van der Waals surface area contributed by atoms with Crippen molar-refractivity contribution in [1.82, 2.24) is 14.9 Å². The van der Waals surface area contributed by atoms with Crippen LogP contribution in [0.2, 0.25) is 0 Å². The first-order chi connectivity index (χ1) is 10.5. The van der Waals surface area contributed by atoms with Gasteiger partial charge in [0.1, 0.15) is 5.82 Å². The highest BCUT2D eigenvalue weighted by Gasteiger charge is 2.21. The van der Waals surface area contributed by atoms with Gasteiger partial charge in [-0.05, 0) is 19.8 Å². The maximum absolute atomic E-state index is 11.3. The first-order valence-corrected chi connectivity index (χ1v) is 7.56. The van der Waals surface area contributed by atoms with E-state index in [1.54, 1.807) is 0 Å². The summed E-state index contributed by atoms with van der Waals surface area (Å²) in [6.07, 6.45) is 3.77. The lowest BCUT2D eigenvalue weighted by molar-refractivity contribution is -0.142. The molecule has 1 aliphatic rings. The SMILES string of the molecule is COC(=O)CN1CCC(Nc2ncc(C)c(N(C)C)n2)CC1. The van der Waals surface area contributed by atoms with Crippen LogP contribution >= 0.6 is 0 Å². The molecule has 0 unspecified atom stereocenters. The van der Waals surface area contributed by atoms with E-state index in [9.17, 15) is 4.79 Å². The number of ether oxygens (including phenoxy) is 1. The smallest absolute Gasteiger partial charge is 0.319 e. The molecule has 1 aromatic heterocycles. The topological polar surface area (TPSA) is 70.6 Å². The van der Waals surface area contributed by atoms with E-state index in [0.717, 1.165) is 37.3 Å². The predicted octanol–water partition coefficient (Wildman–Crippen LogP) is 0.900. The summed E-state index contributed by atoms with van der Waals surface area (Å²) in [5.41, 5.74) is 1.06. The van der Waals surface area contributed by atoms with Gasteiger partial charge in [0.25, 0.3) is 0 Å². The van der Waals surface area contributed by atoms with Gasteiger partial charge in [-0.15, -0.1) is 0 Å². The number of likely N-dealkylation sites (tertiary alicyclic amines) is 1. The van der Waals surface area contributed by atoms with Crippen molar-refractivity contribution < 1.29 is 9.53 Å². The molecule has 2 heterocycles. The molecule has 1 aromatic rings. The fourth-order valence-electron chi connectivity index (χ4n) is 2.62. The largest absolute Gasteiger partial charge is 0.468 e. The predicted molar refractivity (Wildman–Crippen MR) is 86.2 cm³/mol. The number of aryl methyl sites for hydroxylation is 1. The molecular weight excluding hydrogens is 282 g/mol. The minimum absolute atomic E-state index is 0.177. The zero-order chi connectivity index (χ0) is 16.1. The number of carbonyl (C=O) groups excluding carboxylic acids is 1. The molecule has 22 heavy (non-hydrogen) atoms. The third-order valence-corrected chi connectivity index (χ3v) is 3.87. The average molecular weight is 307 g/mol. The number of piperidine rings is 1. The number of rotatable bonds is 5. The third-order valence-electron chi connectivity index (χ3n) is 3.87. The summed E-state index contributed by atoms with van der Waals surface area (Å²) < 4.78 is 4.70. The van der Waals surface area contributed by atoms with Crippen LogP contribution in [0.1, 0.15) is 18.4 Å². The molecule has 7 heteroatoms. The Hall–Kier alpha value is -1.89. The van der Waals surface area contributed by atoms with Crippen LogP contribution in [0.3, 0.4) is 0 Å². The van der Waals surface area contributed by atoms with Crippen LogP contribution in [0.4, 0.5) is 11.8 Å². The lowest BCUT2D eigenvalue weighted by atomic mass is 10.1. The van der Waals surface area contributed by atoms with Gasteiger partial charge in [-0.1, -0.05) is 0 Å². The van der Waals surface area contributed by atoms with E-state index < -0.39 is 0 Å². The fraction of sp³-hybridized carbons (Fsp3) is 0.667. The van der Waals surface area contributed by atoms with Crippen LogP contribution in [0.25, 0.3) is 0 Å². The molecule has 0 aliphatic carbocycles. The van der Waals surface area contributed by atoms with E-state index in [4.69, 9.17) is 4.74 Å². The zero-order valence-corrected chi connectivity index (χ0v) is 13.8. The van der Waals surface area contributed by atoms with E-state index in [2.05, 4.69) is 20.2 Å². The number of nitrogens with one attached hydrogen (secondary N) is 1. The number of nitrogens with zero attached hydrogens (tertiary/aromatic N) is 4. The molecule has 122 valence electrons. The van der Waals surface area contributed by atoms with Gasteiger partial charge in [0.15, 0.2) is 0 Å². The standard InChI is InChI=1S/C15H25N5O2/c1-11-9-16-15(18-14(11)19(2)3)17-12-5-7-20(8-6-12)10-13(21)22-4/h9,12H,5-8,10H2,1-4H3,(H,16,17,18). The highest BCUT2D eigenvalue weighted by atomic mass is 16.5. The maximum Gasteiger partial charge on any atom is 0.319 e. The number of esters is 1. The maximum atomic E-state index is 11.3. The molecule has 1 aliphatic heterocycles. The second kappa shape index (κ2) is 7.40. The Balaban J connectivity index is 1.88. The lowest BCUT2D eigenvalue weighted by Crippen LogP contribution is -2.41. The molecule has 0 spiro atoms. The lowest BCUT2D eigenvalue weighted by Gasteiger charge is -2.31. The summed E-state index contributed by atoms with van der Waals surface area (Å²) in [7, 11) is 5.38. The molecular formula is C15H25N5O2. The molecule has 0 atom stereocenters. The number of anilines is 2. The van der Waals surface area contributed by atoms with Crippen LogP contribution in [0.15, 0.2) is 6.20 Å². The Morgan fingerprint density at radius 2 is 2.14 bits per heavy atom. The van der Waals surface area contributed by atoms with E-state index in [-0.39, 0.29) is 5.97 Å². The second-order valence-corrected chi connectivity index (χ2v) is 5.87. The molecule has 2 rings (SSSR count). The molecule has 7 nitrogen and oxygen atoms in total. The minimum atomic E-state index is -0.177. The van der Waals surface area contributed by atoms with Crippen molar-refractivity contribution in [2.75, 3.05) is 51.1 Å². The van der Waals surface area contributed by atoms with Crippen molar-refractivity contribution in [3.05, 3.63) is 11.8 Å². The van der Waals surface area contributed by atoms with E-state index in [1.165, 1.54) is 7.11 Å². The summed E-state index contributed by atoms with van der Waals surface area (Å²) >= 11 is 0. The summed E-state index contributed by atoms with van der Waals surface area (Å²) in [5, 5.41) is 3.40. The molecule has 0 radical (unpaired) electrons. The Labute approximate surface area is 131 Å². The fourth-order valence-corrected chi connectivity index (χ4v) is 2.62. The minimum Gasteiger partial charge on any atom is -0.468 e. The van der Waals surface area contributed by atoms with Gasteiger partial charge in [-0.25, -0.2) is 4.98 Å². The summed E-state index contributed by atoms with van der Waals surface area (Å²) in [4.78, 5) is 24.3. The normalized spacial score (nSPS) is 16.4. The zero-order valence-electron chi connectivity index (χ0n) is 13.8. The molecule has 1 saturated heterocycles. The summed E-state index contributed by atoms with van der Waals surface area (Å²) in [6, 6.07) is 0.339.